The number of carbonyl (C=O) groups excluding carboxylic acids is 1. The molecule has 0 aromatic heterocycles. The highest BCUT2D eigenvalue weighted by atomic mass is 16.5. The fourth-order valence-corrected chi connectivity index (χ4v) is 1.71. The number of rotatable bonds is 4. The van der Waals surface area contributed by atoms with E-state index in [9.17, 15) is 4.79 Å². The predicted octanol–water partition coefficient (Wildman–Crippen LogP) is 2.26. The molecule has 0 saturated heterocycles. The number of ether oxygens (including phenoxy) is 1. The summed E-state index contributed by atoms with van der Waals surface area (Å²) in [6.45, 7) is 2.34. The van der Waals surface area contributed by atoms with Crippen molar-refractivity contribution in [2.75, 3.05) is 5.73 Å². The molecule has 98 valence electrons. The van der Waals surface area contributed by atoms with Crippen LogP contribution in [-0.4, -0.2) is 5.91 Å². The second kappa shape index (κ2) is 5.44. The molecular weight excluding hydrogens is 240 g/mol. The Kier molecular flexibility index (Phi) is 3.71. The van der Waals surface area contributed by atoms with E-state index in [2.05, 4.69) is 0 Å². The maximum atomic E-state index is 11.0. The summed E-state index contributed by atoms with van der Waals surface area (Å²) in [6.07, 6.45) is 0. The predicted molar refractivity (Wildman–Crippen MR) is 74.9 cm³/mol. The quantitative estimate of drug-likeness (QED) is 0.823. The first kappa shape index (κ1) is 13.0. The van der Waals surface area contributed by atoms with Crippen molar-refractivity contribution in [1.29, 1.82) is 0 Å². The van der Waals surface area contributed by atoms with E-state index < -0.39 is 5.91 Å². The van der Waals surface area contributed by atoms with E-state index in [1.807, 2.05) is 37.3 Å². The molecule has 0 saturated carbocycles. The number of amides is 1. The van der Waals surface area contributed by atoms with Crippen LogP contribution in [0.5, 0.6) is 5.75 Å². The summed E-state index contributed by atoms with van der Waals surface area (Å²) in [5.74, 6) is 0.332. The summed E-state index contributed by atoms with van der Waals surface area (Å²) < 4.78 is 5.71. The smallest absolute Gasteiger partial charge is 0.248 e. The lowest BCUT2D eigenvalue weighted by atomic mass is 10.1. The van der Waals surface area contributed by atoms with Crippen molar-refractivity contribution in [2.45, 2.75) is 13.5 Å². The molecule has 0 spiro atoms. The van der Waals surface area contributed by atoms with Crippen LogP contribution >= 0.6 is 0 Å². The van der Waals surface area contributed by atoms with Crippen LogP contribution in [0.2, 0.25) is 0 Å². The number of carbonyl (C=O) groups is 1. The molecule has 0 aliphatic carbocycles. The van der Waals surface area contributed by atoms with E-state index in [-0.39, 0.29) is 0 Å². The molecule has 4 N–H and O–H groups in total. The third-order valence-electron chi connectivity index (χ3n) is 2.96. The summed E-state index contributed by atoms with van der Waals surface area (Å²) in [7, 11) is 0. The van der Waals surface area contributed by atoms with Crippen molar-refractivity contribution < 1.29 is 9.53 Å². The Hall–Kier alpha value is -2.49. The van der Waals surface area contributed by atoms with Crippen molar-refractivity contribution in [3.8, 4) is 5.75 Å². The molecule has 0 heterocycles. The summed E-state index contributed by atoms with van der Waals surface area (Å²) in [5, 5.41) is 0. The number of nitrogen functional groups attached to an aromatic ring is 1. The van der Waals surface area contributed by atoms with E-state index in [0.717, 1.165) is 16.9 Å². The van der Waals surface area contributed by atoms with E-state index in [0.29, 0.717) is 17.9 Å². The molecule has 19 heavy (non-hydrogen) atoms. The molecule has 0 unspecified atom stereocenters. The highest BCUT2D eigenvalue weighted by Gasteiger charge is 2.04. The molecule has 2 aromatic rings. The van der Waals surface area contributed by atoms with Crippen molar-refractivity contribution in [1.82, 2.24) is 0 Å². The highest BCUT2D eigenvalue weighted by molar-refractivity contribution is 5.92. The van der Waals surface area contributed by atoms with Gasteiger partial charge in [-0.15, -0.1) is 0 Å². The summed E-state index contributed by atoms with van der Waals surface area (Å²) >= 11 is 0. The summed E-state index contributed by atoms with van der Waals surface area (Å²) in [4.78, 5) is 11.0. The monoisotopic (exact) mass is 256 g/mol. The lowest BCUT2D eigenvalue weighted by Gasteiger charge is -2.10. The first-order chi connectivity index (χ1) is 9.08. The van der Waals surface area contributed by atoms with E-state index >= 15 is 0 Å². The van der Waals surface area contributed by atoms with Crippen LogP contribution in [0.4, 0.5) is 5.69 Å². The van der Waals surface area contributed by atoms with Crippen LogP contribution < -0.4 is 16.2 Å². The van der Waals surface area contributed by atoms with Gasteiger partial charge in [-0.1, -0.05) is 18.2 Å². The highest BCUT2D eigenvalue weighted by Crippen LogP contribution is 2.23. The van der Waals surface area contributed by atoms with Crippen molar-refractivity contribution >= 4 is 11.6 Å². The van der Waals surface area contributed by atoms with Gasteiger partial charge in [0.2, 0.25) is 5.91 Å². The SMILES string of the molecule is Cc1c(N)cccc1OCc1ccc(C(N)=O)cc1. The van der Waals surface area contributed by atoms with Crippen LogP contribution in [-0.2, 0) is 6.61 Å². The third kappa shape index (κ3) is 3.04. The molecule has 2 aromatic carbocycles. The third-order valence-corrected chi connectivity index (χ3v) is 2.96. The number of hydrogen-bond acceptors (Lipinski definition) is 3. The molecule has 0 atom stereocenters. The minimum Gasteiger partial charge on any atom is -0.489 e. The van der Waals surface area contributed by atoms with Gasteiger partial charge in [0.05, 0.1) is 0 Å². The zero-order valence-corrected chi connectivity index (χ0v) is 10.7. The van der Waals surface area contributed by atoms with Crippen LogP contribution in [0.1, 0.15) is 21.5 Å². The van der Waals surface area contributed by atoms with E-state index in [1.165, 1.54) is 0 Å². The van der Waals surface area contributed by atoms with Crippen molar-refractivity contribution in [2.24, 2.45) is 5.73 Å². The van der Waals surface area contributed by atoms with E-state index in [4.69, 9.17) is 16.2 Å². The maximum Gasteiger partial charge on any atom is 0.248 e. The van der Waals surface area contributed by atoms with E-state index in [1.54, 1.807) is 12.1 Å². The molecule has 0 bridgehead atoms. The van der Waals surface area contributed by atoms with Gasteiger partial charge in [-0.25, -0.2) is 0 Å². The molecular formula is C15H16N2O2. The molecule has 0 aliphatic heterocycles. The van der Waals surface area contributed by atoms with Crippen LogP contribution in [0.15, 0.2) is 42.5 Å². The minimum absolute atomic E-state index is 0.420. The number of primary amides is 1. The lowest BCUT2D eigenvalue weighted by molar-refractivity contribution is 0.1000. The molecule has 2 rings (SSSR count). The van der Waals surface area contributed by atoms with Gasteiger partial charge in [-0.3, -0.25) is 4.79 Å². The molecule has 1 amide bonds. The van der Waals surface area contributed by atoms with Gasteiger partial charge in [0.15, 0.2) is 0 Å². The van der Waals surface area contributed by atoms with Crippen LogP contribution in [0.25, 0.3) is 0 Å². The first-order valence-electron chi connectivity index (χ1n) is 5.94. The second-order valence-electron chi connectivity index (χ2n) is 4.32. The Balaban J connectivity index is 2.06. The molecule has 4 heteroatoms. The number of benzene rings is 2. The second-order valence-corrected chi connectivity index (χ2v) is 4.32. The lowest BCUT2D eigenvalue weighted by Crippen LogP contribution is -2.10. The van der Waals surface area contributed by atoms with Crippen LogP contribution in [0.3, 0.4) is 0 Å². The van der Waals surface area contributed by atoms with Gasteiger partial charge in [-0.2, -0.15) is 0 Å². The van der Waals surface area contributed by atoms with Gasteiger partial charge in [-0.05, 0) is 36.8 Å². The standard InChI is InChI=1S/C15H16N2O2/c1-10-13(16)3-2-4-14(10)19-9-11-5-7-12(8-6-11)15(17)18/h2-8H,9,16H2,1H3,(H2,17,18). The largest absolute Gasteiger partial charge is 0.489 e. The minimum atomic E-state index is -0.431. The van der Waals surface area contributed by atoms with Gasteiger partial charge >= 0.3 is 0 Å². The average molecular weight is 256 g/mol. The summed E-state index contributed by atoms with van der Waals surface area (Å²) in [5.41, 5.74) is 14.1. The molecule has 0 radical (unpaired) electrons. The normalized spacial score (nSPS) is 10.2. The zero-order chi connectivity index (χ0) is 13.8. The first-order valence-corrected chi connectivity index (χ1v) is 5.94. The van der Waals surface area contributed by atoms with Gasteiger partial charge in [0.1, 0.15) is 12.4 Å². The van der Waals surface area contributed by atoms with Crippen molar-refractivity contribution in [3.05, 3.63) is 59.2 Å². The fourth-order valence-electron chi connectivity index (χ4n) is 1.71. The molecule has 0 fully saturated rings. The molecule has 4 nitrogen and oxygen atoms in total. The van der Waals surface area contributed by atoms with Gasteiger partial charge < -0.3 is 16.2 Å². The topological polar surface area (TPSA) is 78.3 Å². The molecule has 0 aliphatic rings. The summed E-state index contributed by atoms with van der Waals surface area (Å²) in [6, 6.07) is 12.6. The van der Waals surface area contributed by atoms with Gasteiger partial charge in [0, 0.05) is 16.8 Å². The number of anilines is 1. The fraction of sp³-hybridized carbons (Fsp3) is 0.133. The number of nitrogens with two attached hydrogens (primary N) is 2. The Morgan fingerprint density at radius 2 is 1.84 bits per heavy atom. The Morgan fingerprint density at radius 3 is 2.47 bits per heavy atom. The average Bonchev–Trinajstić information content (AvgIpc) is 2.41. The van der Waals surface area contributed by atoms with Crippen LogP contribution in [0, 0.1) is 6.92 Å². The maximum absolute atomic E-state index is 11.0. The van der Waals surface area contributed by atoms with Crippen molar-refractivity contribution in [3.63, 3.8) is 0 Å². The Bertz CT molecular complexity index is 592. The zero-order valence-electron chi connectivity index (χ0n) is 10.7. The number of hydrogen-bond donors (Lipinski definition) is 2. The Morgan fingerprint density at radius 1 is 1.16 bits per heavy atom. The Labute approximate surface area is 112 Å². The van der Waals surface area contributed by atoms with Gasteiger partial charge in [0.25, 0.3) is 0 Å².